The molecule has 0 spiro atoms. The zero-order chi connectivity index (χ0) is 14.9. The van der Waals surface area contributed by atoms with Gasteiger partial charge in [0.2, 0.25) is 0 Å². The van der Waals surface area contributed by atoms with Gasteiger partial charge in [-0.25, -0.2) is 0 Å². The van der Waals surface area contributed by atoms with Crippen molar-refractivity contribution in [1.29, 1.82) is 0 Å². The monoisotopic (exact) mass is 311 g/mol. The summed E-state index contributed by atoms with van der Waals surface area (Å²) in [6.45, 7) is 6.16. The number of aryl methyl sites for hydroxylation is 1. The highest BCUT2D eigenvalue weighted by Gasteiger charge is 2.22. The molecule has 0 aliphatic heterocycles. The molecule has 0 aliphatic rings. The quantitative estimate of drug-likeness (QED) is 0.907. The van der Waals surface area contributed by atoms with Crippen molar-refractivity contribution >= 4 is 23.2 Å². The Balaban J connectivity index is 2.52. The third-order valence-electron chi connectivity index (χ3n) is 3.37. The maximum atomic E-state index is 6.33. The highest BCUT2D eigenvalue weighted by atomic mass is 35.5. The standard InChI is InChI=1S/C15H19Cl2N3/c1-9(2)20-15(13(17)8-19-20)14(18-4)11-6-5-10(3)12(16)7-11/h5-9,14,18H,1-4H3. The molecule has 1 aromatic heterocycles. The molecule has 1 unspecified atom stereocenters. The molecule has 0 aliphatic carbocycles. The Kier molecular flexibility index (Phi) is 4.74. The van der Waals surface area contributed by atoms with Gasteiger partial charge in [0.15, 0.2) is 0 Å². The van der Waals surface area contributed by atoms with Gasteiger partial charge in [-0.3, -0.25) is 4.68 Å². The first-order valence-electron chi connectivity index (χ1n) is 6.62. The van der Waals surface area contributed by atoms with E-state index < -0.39 is 0 Å². The van der Waals surface area contributed by atoms with Crippen LogP contribution >= 0.6 is 23.2 Å². The topological polar surface area (TPSA) is 29.9 Å². The van der Waals surface area contributed by atoms with Gasteiger partial charge in [-0.2, -0.15) is 5.10 Å². The van der Waals surface area contributed by atoms with Crippen molar-refractivity contribution in [3.05, 3.63) is 51.3 Å². The van der Waals surface area contributed by atoms with Gasteiger partial charge >= 0.3 is 0 Å². The first-order valence-corrected chi connectivity index (χ1v) is 7.37. The van der Waals surface area contributed by atoms with E-state index in [1.807, 2.05) is 30.8 Å². The van der Waals surface area contributed by atoms with Crippen molar-refractivity contribution in [3.63, 3.8) is 0 Å². The maximum absolute atomic E-state index is 6.33. The summed E-state index contributed by atoms with van der Waals surface area (Å²) in [6.07, 6.45) is 1.69. The molecule has 1 atom stereocenters. The zero-order valence-corrected chi connectivity index (χ0v) is 13.6. The van der Waals surface area contributed by atoms with Crippen molar-refractivity contribution in [2.45, 2.75) is 32.9 Å². The van der Waals surface area contributed by atoms with Gasteiger partial charge in [0.1, 0.15) is 0 Å². The lowest BCUT2D eigenvalue weighted by atomic mass is 10.0. The summed E-state index contributed by atoms with van der Waals surface area (Å²) in [4.78, 5) is 0. The van der Waals surface area contributed by atoms with Crippen LogP contribution in [0.3, 0.4) is 0 Å². The van der Waals surface area contributed by atoms with Gasteiger partial charge in [0.05, 0.1) is 23.0 Å². The van der Waals surface area contributed by atoms with E-state index in [4.69, 9.17) is 23.2 Å². The van der Waals surface area contributed by atoms with E-state index >= 15 is 0 Å². The smallest absolute Gasteiger partial charge is 0.0837 e. The first kappa shape index (κ1) is 15.4. The fraction of sp³-hybridized carbons (Fsp3) is 0.400. The van der Waals surface area contributed by atoms with Crippen LogP contribution in [0.5, 0.6) is 0 Å². The Morgan fingerprint density at radius 2 is 1.90 bits per heavy atom. The summed E-state index contributed by atoms with van der Waals surface area (Å²) in [6, 6.07) is 6.27. The number of nitrogens with one attached hydrogen (secondary N) is 1. The number of benzene rings is 1. The number of nitrogens with zero attached hydrogens (tertiary/aromatic N) is 2. The second kappa shape index (κ2) is 6.17. The Labute approximate surface area is 129 Å². The molecule has 0 saturated carbocycles. The molecule has 1 heterocycles. The average molecular weight is 312 g/mol. The lowest BCUT2D eigenvalue weighted by molar-refractivity contribution is 0.484. The van der Waals surface area contributed by atoms with Crippen LogP contribution in [0.25, 0.3) is 0 Å². The molecule has 2 aromatic rings. The fourth-order valence-corrected chi connectivity index (χ4v) is 2.71. The van der Waals surface area contributed by atoms with Crippen molar-refractivity contribution < 1.29 is 0 Å². The van der Waals surface area contributed by atoms with E-state index in [2.05, 4.69) is 30.3 Å². The van der Waals surface area contributed by atoms with Gasteiger partial charge in [-0.05, 0) is 45.0 Å². The molecule has 2 rings (SSSR count). The Hall–Kier alpha value is -1.03. The fourth-order valence-electron chi connectivity index (χ4n) is 2.28. The van der Waals surface area contributed by atoms with E-state index in [-0.39, 0.29) is 12.1 Å². The number of aromatic nitrogens is 2. The number of hydrogen-bond donors (Lipinski definition) is 1. The van der Waals surface area contributed by atoms with Gasteiger partial charge in [-0.15, -0.1) is 0 Å². The van der Waals surface area contributed by atoms with Gasteiger partial charge in [0, 0.05) is 11.1 Å². The van der Waals surface area contributed by atoms with E-state index in [1.54, 1.807) is 6.20 Å². The second-order valence-electron chi connectivity index (χ2n) is 5.15. The third kappa shape index (κ3) is 2.85. The summed E-state index contributed by atoms with van der Waals surface area (Å²) in [5, 5.41) is 9.08. The van der Waals surface area contributed by atoms with Crippen LogP contribution in [0.4, 0.5) is 0 Å². The zero-order valence-electron chi connectivity index (χ0n) is 12.1. The number of halogens is 2. The predicted molar refractivity (Wildman–Crippen MR) is 84.7 cm³/mol. The van der Waals surface area contributed by atoms with Gasteiger partial charge in [0.25, 0.3) is 0 Å². The molecule has 0 saturated heterocycles. The van der Waals surface area contributed by atoms with Crippen molar-refractivity contribution in [3.8, 4) is 0 Å². The van der Waals surface area contributed by atoms with Crippen molar-refractivity contribution in [1.82, 2.24) is 15.1 Å². The molecule has 1 aromatic carbocycles. The minimum Gasteiger partial charge on any atom is -0.308 e. The number of hydrogen-bond acceptors (Lipinski definition) is 2. The van der Waals surface area contributed by atoms with E-state index in [0.29, 0.717) is 5.02 Å². The Bertz CT molecular complexity index is 605. The molecule has 20 heavy (non-hydrogen) atoms. The lowest BCUT2D eigenvalue weighted by Crippen LogP contribution is -2.22. The van der Waals surface area contributed by atoms with Crippen LogP contribution < -0.4 is 5.32 Å². The van der Waals surface area contributed by atoms with Crippen LogP contribution in [0.15, 0.2) is 24.4 Å². The van der Waals surface area contributed by atoms with Crippen LogP contribution in [0.2, 0.25) is 10.0 Å². The Morgan fingerprint density at radius 1 is 1.20 bits per heavy atom. The molecule has 0 fully saturated rings. The van der Waals surface area contributed by atoms with E-state index in [1.165, 1.54) is 0 Å². The molecule has 108 valence electrons. The largest absolute Gasteiger partial charge is 0.308 e. The van der Waals surface area contributed by atoms with Crippen LogP contribution in [0.1, 0.15) is 42.8 Å². The Morgan fingerprint density at radius 3 is 2.45 bits per heavy atom. The van der Waals surface area contributed by atoms with Gasteiger partial charge < -0.3 is 5.32 Å². The molecule has 0 radical (unpaired) electrons. The van der Waals surface area contributed by atoms with Crippen molar-refractivity contribution in [2.24, 2.45) is 0 Å². The van der Waals surface area contributed by atoms with Crippen LogP contribution in [-0.4, -0.2) is 16.8 Å². The van der Waals surface area contributed by atoms with Crippen LogP contribution in [-0.2, 0) is 0 Å². The molecule has 1 N–H and O–H groups in total. The normalized spacial score (nSPS) is 12.9. The van der Waals surface area contributed by atoms with Gasteiger partial charge in [-0.1, -0.05) is 35.3 Å². The SMILES string of the molecule is CNC(c1ccc(C)c(Cl)c1)c1c(Cl)cnn1C(C)C. The molecular formula is C15H19Cl2N3. The highest BCUT2D eigenvalue weighted by molar-refractivity contribution is 6.31. The lowest BCUT2D eigenvalue weighted by Gasteiger charge is -2.21. The summed E-state index contributed by atoms with van der Waals surface area (Å²) in [7, 11) is 1.91. The highest BCUT2D eigenvalue weighted by Crippen LogP contribution is 2.31. The molecule has 5 heteroatoms. The minimum atomic E-state index is -0.0366. The maximum Gasteiger partial charge on any atom is 0.0837 e. The molecule has 3 nitrogen and oxygen atoms in total. The summed E-state index contributed by atoms with van der Waals surface area (Å²) >= 11 is 12.6. The van der Waals surface area contributed by atoms with E-state index in [0.717, 1.165) is 21.8 Å². The molecule has 0 bridgehead atoms. The molecule has 0 amide bonds. The summed E-state index contributed by atoms with van der Waals surface area (Å²) in [5.41, 5.74) is 3.10. The van der Waals surface area contributed by atoms with Crippen molar-refractivity contribution in [2.75, 3.05) is 7.05 Å². The second-order valence-corrected chi connectivity index (χ2v) is 5.96. The average Bonchev–Trinajstić information content (AvgIpc) is 2.77. The number of rotatable bonds is 4. The summed E-state index contributed by atoms with van der Waals surface area (Å²) in [5.74, 6) is 0. The predicted octanol–water partition coefficient (Wildman–Crippen LogP) is 4.39. The van der Waals surface area contributed by atoms with Crippen LogP contribution in [0, 0.1) is 6.92 Å². The third-order valence-corrected chi connectivity index (χ3v) is 4.07. The molecular weight excluding hydrogens is 293 g/mol. The first-order chi connectivity index (χ1) is 9.45. The minimum absolute atomic E-state index is 0.0366. The van der Waals surface area contributed by atoms with E-state index in [9.17, 15) is 0 Å². The summed E-state index contributed by atoms with van der Waals surface area (Å²) < 4.78 is 1.94.